The molecule has 1 N–H and O–H groups in total. The number of hydrogen-bond acceptors (Lipinski definition) is 4. The SMILES string of the molecule is CCN(CC)c1ccc(C=CC2=CC(c3ccc(N(CC)CC)cc3)N(c3ccc(Cl)cc3)N2)cc1. The molecule has 5 heteroatoms. The molecule has 0 saturated heterocycles. The lowest BCUT2D eigenvalue weighted by Crippen LogP contribution is -2.34. The van der Waals surface area contributed by atoms with Gasteiger partial charge in [-0.2, -0.15) is 0 Å². The molecule has 3 aromatic rings. The second-order valence-electron chi connectivity index (χ2n) is 8.89. The Morgan fingerprint density at radius 2 is 1.25 bits per heavy atom. The summed E-state index contributed by atoms with van der Waals surface area (Å²) in [6, 6.07) is 25.7. The van der Waals surface area contributed by atoms with Crippen molar-refractivity contribution in [3.8, 4) is 0 Å². The normalized spacial score (nSPS) is 15.2. The molecule has 1 heterocycles. The zero-order valence-corrected chi connectivity index (χ0v) is 22.5. The number of anilines is 3. The molecule has 1 unspecified atom stereocenters. The first-order valence-corrected chi connectivity index (χ1v) is 13.3. The van der Waals surface area contributed by atoms with Gasteiger partial charge in [-0.3, -0.25) is 10.4 Å². The molecule has 36 heavy (non-hydrogen) atoms. The molecule has 0 saturated carbocycles. The van der Waals surface area contributed by atoms with Crippen LogP contribution in [0, 0.1) is 0 Å². The molecule has 4 rings (SSSR count). The van der Waals surface area contributed by atoms with Crippen molar-refractivity contribution < 1.29 is 0 Å². The van der Waals surface area contributed by atoms with E-state index in [1.807, 2.05) is 12.1 Å². The van der Waals surface area contributed by atoms with Crippen molar-refractivity contribution in [2.75, 3.05) is 41.0 Å². The summed E-state index contributed by atoms with van der Waals surface area (Å²) in [5, 5.41) is 2.94. The van der Waals surface area contributed by atoms with Gasteiger partial charge < -0.3 is 9.80 Å². The van der Waals surface area contributed by atoms with Crippen molar-refractivity contribution in [3.63, 3.8) is 0 Å². The number of nitrogens with one attached hydrogen (secondary N) is 1. The number of hydrazine groups is 1. The fraction of sp³-hybridized carbons (Fsp3) is 0.290. The minimum Gasteiger partial charge on any atom is -0.372 e. The van der Waals surface area contributed by atoms with Crippen LogP contribution in [0.5, 0.6) is 0 Å². The van der Waals surface area contributed by atoms with Crippen LogP contribution >= 0.6 is 11.6 Å². The van der Waals surface area contributed by atoms with Gasteiger partial charge in [-0.05, 0) is 99.5 Å². The van der Waals surface area contributed by atoms with E-state index in [1.165, 1.54) is 22.5 Å². The van der Waals surface area contributed by atoms with Gasteiger partial charge in [0.15, 0.2) is 0 Å². The Labute approximate surface area is 221 Å². The zero-order chi connectivity index (χ0) is 25.5. The van der Waals surface area contributed by atoms with Crippen LogP contribution in [0.3, 0.4) is 0 Å². The number of rotatable bonds is 10. The van der Waals surface area contributed by atoms with E-state index >= 15 is 0 Å². The van der Waals surface area contributed by atoms with Gasteiger partial charge in [-0.15, -0.1) is 0 Å². The highest BCUT2D eigenvalue weighted by atomic mass is 35.5. The van der Waals surface area contributed by atoms with E-state index in [0.29, 0.717) is 0 Å². The predicted molar refractivity (Wildman–Crippen MR) is 157 cm³/mol. The van der Waals surface area contributed by atoms with Crippen LogP contribution in [-0.2, 0) is 0 Å². The molecule has 188 valence electrons. The third-order valence-corrected chi connectivity index (χ3v) is 7.06. The van der Waals surface area contributed by atoms with E-state index in [4.69, 9.17) is 11.6 Å². The molecule has 3 aromatic carbocycles. The molecule has 0 aliphatic carbocycles. The number of hydrogen-bond donors (Lipinski definition) is 1. The van der Waals surface area contributed by atoms with Crippen molar-refractivity contribution in [2.45, 2.75) is 33.7 Å². The summed E-state index contributed by atoms with van der Waals surface area (Å²) in [6.07, 6.45) is 6.60. The molecule has 0 radical (unpaired) electrons. The minimum atomic E-state index is 0.0709. The first-order chi connectivity index (χ1) is 17.6. The third kappa shape index (κ3) is 5.88. The average molecular weight is 501 g/mol. The highest BCUT2D eigenvalue weighted by molar-refractivity contribution is 6.30. The molecular formula is C31H37ClN4. The van der Waals surface area contributed by atoms with E-state index in [2.05, 4.69) is 127 Å². The van der Waals surface area contributed by atoms with Gasteiger partial charge in [0.1, 0.15) is 0 Å². The third-order valence-electron chi connectivity index (χ3n) is 6.81. The molecule has 0 spiro atoms. The Bertz CT molecular complexity index is 1160. The number of nitrogens with zero attached hydrogens (tertiary/aromatic N) is 3. The molecule has 1 aliphatic heterocycles. The predicted octanol–water partition coefficient (Wildman–Crippen LogP) is 7.70. The Morgan fingerprint density at radius 3 is 1.78 bits per heavy atom. The summed E-state index contributed by atoms with van der Waals surface area (Å²) in [4.78, 5) is 4.72. The van der Waals surface area contributed by atoms with Gasteiger partial charge in [-0.25, -0.2) is 0 Å². The number of halogens is 1. The van der Waals surface area contributed by atoms with Gasteiger partial charge in [0.25, 0.3) is 0 Å². The molecule has 0 fully saturated rings. The average Bonchev–Trinajstić information content (AvgIpc) is 3.35. The number of benzene rings is 3. The smallest absolute Gasteiger partial charge is 0.0958 e. The fourth-order valence-electron chi connectivity index (χ4n) is 4.70. The topological polar surface area (TPSA) is 21.8 Å². The maximum Gasteiger partial charge on any atom is 0.0958 e. The quantitative estimate of drug-likeness (QED) is 0.308. The second kappa shape index (κ2) is 12.0. The van der Waals surface area contributed by atoms with E-state index in [-0.39, 0.29) is 6.04 Å². The Kier molecular flexibility index (Phi) is 8.61. The van der Waals surface area contributed by atoms with Crippen molar-refractivity contribution in [1.82, 2.24) is 5.43 Å². The molecule has 0 amide bonds. The van der Waals surface area contributed by atoms with Gasteiger partial charge in [-0.1, -0.05) is 41.9 Å². The van der Waals surface area contributed by atoms with E-state index in [9.17, 15) is 0 Å². The lowest BCUT2D eigenvalue weighted by Gasteiger charge is -2.28. The Morgan fingerprint density at radius 1 is 0.722 bits per heavy atom. The molecule has 1 atom stereocenters. The summed E-state index contributed by atoms with van der Waals surface area (Å²) in [6.45, 7) is 12.8. The van der Waals surface area contributed by atoms with Gasteiger partial charge in [0.05, 0.1) is 17.4 Å². The van der Waals surface area contributed by atoms with Crippen LogP contribution in [-0.4, -0.2) is 26.2 Å². The maximum atomic E-state index is 6.17. The van der Waals surface area contributed by atoms with Gasteiger partial charge in [0.2, 0.25) is 0 Å². The summed E-state index contributed by atoms with van der Waals surface area (Å²) >= 11 is 6.17. The van der Waals surface area contributed by atoms with Crippen molar-refractivity contribution >= 4 is 34.7 Å². The standard InChI is InChI=1S/C31H37ClN4/c1-5-34(6-2)28-17-10-24(11-18-28)9-16-27-23-31(36(33-27)30-21-14-26(32)15-22-30)25-12-19-29(20-13-25)35(7-3)8-4/h9-23,31,33H,5-8H2,1-4H3. The van der Waals surface area contributed by atoms with Crippen LogP contribution in [0.15, 0.2) is 90.6 Å². The highest BCUT2D eigenvalue weighted by Crippen LogP contribution is 2.34. The monoisotopic (exact) mass is 500 g/mol. The summed E-state index contributed by atoms with van der Waals surface area (Å²) < 4.78 is 0. The Balaban J connectivity index is 1.58. The van der Waals surface area contributed by atoms with Crippen LogP contribution in [0.1, 0.15) is 44.9 Å². The molecule has 1 aliphatic rings. The first-order valence-electron chi connectivity index (χ1n) is 13.0. The van der Waals surface area contributed by atoms with Crippen LogP contribution in [0.4, 0.5) is 17.1 Å². The van der Waals surface area contributed by atoms with Crippen molar-refractivity contribution in [2.24, 2.45) is 0 Å². The van der Waals surface area contributed by atoms with E-state index in [1.54, 1.807) is 0 Å². The zero-order valence-electron chi connectivity index (χ0n) is 21.8. The Hall–Kier alpha value is -3.37. The summed E-state index contributed by atoms with van der Waals surface area (Å²) in [7, 11) is 0. The summed E-state index contributed by atoms with van der Waals surface area (Å²) in [5.74, 6) is 0. The molecule has 0 aromatic heterocycles. The highest BCUT2D eigenvalue weighted by Gasteiger charge is 2.25. The minimum absolute atomic E-state index is 0.0709. The van der Waals surface area contributed by atoms with E-state index < -0.39 is 0 Å². The van der Waals surface area contributed by atoms with Crippen LogP contribution < -0.4 is 20.2 Å². The van der Waals surface area contributed by atoms with E-state index in [0.717, 1.165) is 42.6 Å². The maximum absolute atomic E-state index is 6.17. The lowest BCUT2D eigenvalue weighted by atomic mass is 10.0. The molecule has 4 nitrogen and oxygen atoms in total. The summed E-state index contributed by atoms with van der Waals surface area (Å²) in [5.41, 5.74) is 10.7. The molecule has 0 bridgehead atoms. The second-order valence-corrected chi connectivity index (χ2v) is 9.32. The lowest BCUT2D eigenvalue weighted by molar-refractivity contribution is 0.709. The first kappa shape index (κ1) is 25.7. The van der Waals surface area contributed by atoms with Crippen molar-refractivity contribution in [1.29, 1.82) is 0 Å². The number of allylic oxidation sites excluding steroid dienone is 1. The fourth-order valence-corrected chi connectivity index (χ4v) is 4.82. The van der Waals surface area contributed by atoms with Crippen LogP contribution in [0.25, 0.3) is 6.08 Å². The van der Waals surface area contributed by atoms with Crippen molar-refractivity contribution in [3.05, 3.63) is 107 Å². The van der Waals surface area contributed by atoms with Gasteiger partial charge in [0, 0.05) is 42.6 Å². The molecular weight excluding hydrogens is 464 g/mol. The largest absolute Gasteiger partial charge is 0.372 e. The van der Waals surface area contributed by atoms with Gasteiger partial charge >= 0.3 is 0 Å². The van der Waals surface area contributed by atoms with Crippen LogP contribution in [0.2, 0.25) is 5.02 Å².